The van der Waals surface area contributed by atoms with Gasteiger partial charge in [0.25, 0.3) is 0 Å². The Morgan fingerprint density at radius 1 is 1.25 bits per heavy atom. The van der Waals surface area contributed by atoms with Crippen LogP contribution in [0.3, 0.4) is 0 Å². The topological polar surface area (TPSA) is 38.3 Å². The Morgan fingerprint density at radius 3 is 2.55 bits per heavy atom. The lowest BCUT2D eigenvalue weighted by Crippen LogP contribution is -2.14. The Kier molecular flexibility index (Phi) is 4.58. The van der Waals surface area contributed by atoms with Crippen LogP contribution in [0.25, 0.3) is 0 Å². The van der Waals surface area contributed by atoms with E-state index in [2.05, 4.69) is 5.32 Å². The molecule has 0 saturated heterocycles. The fourth-order valence-electron chi connectivity index (χ4n) is 1.74. The van der Waals surface area contributed by atoms with E-state index in [0.29, 0.717) is 16.3 Å². The van der Waals surface area contributed by atoms with Gasteiger partial charge in [0, 0.05) is 10.7 Å². The number of carbonyl (C=O) groups is 1. The van der Waals surface area contributed by atoms with E-state index in [1.807, 2.05) is 0 Å². The van der Waals surface area contributed by atoms with E-state index < -0.39 is 5.82 Å². The van der Waals surface area contributed by atoms with Crippen LogP contribution in [0, 0.1) is 5.82 Å². The third kappa shape index (κ3) is 3.71. The number of anilines is 1. The van der Waals surface area contributed by atoms with Gasteiger partial charge in [0.1, 0.15) is 0 Å². The molecule has 0 aliphatic rings. The molecule has 104 valence electrons. The molecular formula is C15H13ClFNO2. The van der Waals surface area contributed by atoms with Crippen LogP contribution in [0.2, 0.25) is 5.02 Å². The molecule has 3 nitrogen and oxygen atoms in total. The summed E-state index contributed by atoms with van der Waals surface area (Å²) in [6, 6.07) is 11.2. The van der Waals surface area contributed by atoms with Crippen molar-refractivity contribution >= 4 is 23.2 Å². The molecule has 0 bridgehead atoms. The number of methoxy groups -OCH3 is 1. The van der Waals surface area contributed by atoms with Crippen molar-refractivity contribution < 1.29 is 13.9 Å². The zero-order valence-corrected chi connectivity index (χ0v) is 11.6. The Hall–Kier alpha value is -2.07. The van der Waals surface area contributed by atoms with Gasteiger partial charge in [-0.1, -0.05) is 17.7 Å². The van der Waals surface area contributed by atoms with Gasteiger partial charge in [0.15, 0.2) is 11.6 Å². The average Bonchev–Trinajstić information content (AvgIpc) is 2.41. The van der Waals surface area contributed by atoms with Crippen molar-refractivity contribution in [1.82, 2.24) is 0 Å². The third-order valence-corrected chi connectivity index (χ3v) is 2.96. The summed E-state index contributed by atoms with van der Waals surface area (Å²) in [5, 5.41) is 3.31. The highest BCUT2D eigenvalue weighted by atomic mass is 35.5. The smallest absolute Gasteiger partial charge is 0.228 e. The summed E-state index contributed by atoms with van der Waals surface area (Å²) in [5.74, 6) is -0.548. The zero-order valence-electron chi connectivity index (χ0n) is 10.8. The van der Waals surface area contributed by atoms with Crippen LogP contribution in [0.4, 0.5) is 10.1 Å². The number of halogens is 2. The molecule has 0 spiro atoms. The Labute approximate surface area is 121 Å². The van der Waals surface area contributed by atoms with E-state index in [1.165, 1.54) is 19.2 Å². The zero-order chi connectivity index (χ0) is 14.5. The van der Waals surface area contributed by atoms with Gasteiger partial charge in [-0.15, -0.1) is 0 Å². The lowest BCUT2D eigenvalue weighted by molar-refractivity contribution is -0.115. The van der Waals surface area contributed by atoms with Crippen molar-refractivity contribution in [1.29, 1.82) is 0 Å². The molecule has 0 heterocycles. The second kappa shape index (κ2) is 6.39. The number of rotatable bonds is 4. The second-order valence-electron chi connectivity index (χ2n) is 4.20. The normalized spacial score (nSPS) is 10.2. The van der Waals surface area contributed by atoms with Gasteiger partial charge in [-0.3, -0.25) is 4.79 Å². The Morgan fingerprint density at radius 2 is 1.95 bits per heavy atom. The molecule has 0 aromatic heterocycles. The van der Waals surface area contributed by atoms with E-state index in [1.54, 1.807) is 30.3 Å². The summed E-state index contributed by atoms with van der Waals surface area (Å²) in [6.07, 6.45) is 0.0868. The predicted octanol–water partition coefficient (Wildman–Crippen LogP) is 3.67. The van der Waals surface area contributed by atoms with Crippen LogP contribution in [-0.4, -0.2) is 13.0 Å². The molecule has 5 heteroatoms. The quantitative estimate of drug-likeness (QED) is 0.934. The van der Waals surface area contributed by atoms with Crippen molar-refractivity contribution in [2.45, 2.75) is 6.42 Å². The average molecular weight is 294 g/mol. The van der Waals surface area contributed by atoms with Crippen LogP contribution < -0.4 is 10.1 Å². The molecule has 0 aliphatic heterocycles. The molecule has 2 aromatic rings. The van der Waals surface area contributed by atoms with E-state index in [9.17, 15) is 9.18 Å². The van der Waals surface area contributed by atoms with Crippen LogP contribution in [-0.2, 0) is 11.2 Å². The maximum Gasteiger partial charge on any atom is 0.228 e. The lowest BCUT2D eigenvalue weighted by Gasteiger charge is -2.07. The van der Waals surface area contributed by atoms with Gasteiger partial charge < -0.3 is 10.1 Å². The molecule has 2 rings (SSSR count). The minimum Gasteiger partial charge on any atom is -0.494 e. The molecule has 0 atom stereocenters. The molecule has 20 heavy (non-hydrogen) atoms. The minimum atomic E-state index is -0.482. The largest absolute Gasteiger partial charge is 0.494 e. The highest BCUT2D eigenvalue weighted by molar-refractivity contribution is 6.30. The molecule has 0 saturated carbocycles. The monoisotopic (exact) mass is 293 g/mol. The first-order valence-electron chi connectivity index (χ1n) is 5.96. The summed E-state index contributed by atoms with van der Waals surface area (Å²) in [6.45, 7) is 0. The summed E-state index contributed by atoms with van der Waals surface area (Å²) < 4.78 is 18.3. The Balaban J connectivity index is 2.01. The van der Waals surface area contributed by atoms with Crippen LogP contribution in [0.15, 0.2) is 42.5 Å². The van der Waals surface area contributed by atoms with Crippen molar-refractivity contribution in [3.05, 3.63) is 58.9 Å². The van der Waals surface area contributed by atoms with Gasteiger partial charge in [0.2, 0.25) is 5.91 Å². The number of benzene rings is 2. The lowest BCUT2D eigenvalue weighted by atomic mass is 10.1. The molecule has 1 N–H and O–H groups in total. The molecular weight excluding hydrogens is 281 g/mol. The Bertz CT molecular complexity index is 614. The van der Waals surface area contributed by atoms with Gasteiger partial charge in [-0.05, 0) is 42.0 Å². The number of hydrogen-bond donors (Lipinski definition) is 1. The molecule has 2 aromatic carbocycles. The van der Waals surface area contributed by atoms with Gasteiger partial charge in [-0.2, -0.15) is 0 Å². The van der Waals surface area contributed by atoms with E-state index in [0.717, 1.165) is 0 Å². The number of hydrogen-bond acceptors (Lipinski definition) is 2. The van der Waals surface area contributed by atoms with Crippen LogP contribution in [0.5, 0.6) is 5.75 Å². The molecule has 0 aliphatic carbocycles. The van der Waals surface area contributed by atoms with Crippen molar-refractivity contribution in [2.24, 2.45) is 0 Å². The minimum absolute atomic E-state index is 0.0868. The SMILES string of the molecule is COc1ccc(CC(=O)Nc2ccc(Cl)cc2)cc1F. The van der Waals surface area contributed by atoms with Gasteiger partial charge in [0.05, 0.1) is 13.5 Å². The molecule has 0 fully saturated rings. The maximum absolute atomic E-state index is 13.5. The fraction of sp³-hybridized carbons (Fsp3) is 0.133. The van der Waals surface area contributed by atoms with Crippen molar-refractivity contribution in [3.8, 4) is 5.75 Å². The highest BCUT2D eigenvalue weighted by Crippen LogP contribution is 2.18. The van der Waals surface area contributed by atoms with E-state index >= 15 is 0 Å². The molecule has 1 amide bonds. The summed E-state index contributed by atoms with van der Waals surface area (Å²) in [7, 11) is 1.39. The first-order chi connectivity index (χ1) is 9.58. The summed E-state index contributed by atoms with van der Waals surface area (Å²) in [5.41, 5.74) is 1.23. The second-order valence-corrected chi connectivity index (χ2v) is 4.64. The van der Waals surface area contributed by atoms with E-state index in [4.69, 9.17) is 16.3 Å². The van der Waals surface area contributed by atoms with E-state index in [-0.39, 0.29) is 18.1 Å². The number of amides is 1. The van der Waals surface area contributed by atoms with Crippen molar-refractivity contribution in [2.75, 3.05) is 12.4 Å². The fourth-order valence-corrected chi connectivity index (χ4v) is 1.87. The summed E-state index contributed by atoms with van der Waals surface area (Å²) >= 11 is 5.76. The molecule has 0 unspecified atom stereocenters. The number of nitrogens with one attached hydrogen (secondary N) is 1. The predicted molar refractivity (Wildman–Crippen MR) is 76.7 cm³/mol. The van der Waals surface area contributed by atoms with Crippen LogP contribution in [0.1, 0.15) is 5.56 Å². The molecule has 0 radical (unpaired) electrons. The highest BCUT2D eigenvalue weighted by Gasteiger charge is 2.08. The van der Waals surface area contributed by atoms with Crippen molar-refractivity contribution in [3.63, 3.8) is 0 Å². The first kappa shape index (κ1) is 14.3. The first-order valence-corrected chi connectivity index (χ1v) is 6.34. The standard InChI is InChI=1S/C15H13ClFNO2/c1-20-14-7-2-10(8-13(14)17)9-15(19)18-12-5-3-11(16)4-6-12/h2-8H,9H2,1H3,(H,18,19). The summed E-state index contributed by atoms with van der Waals surface area (Å²) in [4.78, 5) is 11.8. The van der Waals surface area contributed by atoms with Crippen LogP contribution >= 0.6 is 11.6 Å². The maximum atomic E-state index is 13.5. The van der Waals surface area contributed by atoms with Gasteiger partial charge >= 0.3 is 0 Å². The third-order valence-electron chi connectivity index (χ3n) is 2.71. The number of carbonyl (C=O) groups excluding carboxylic acids is 1. The van der Waals surface area contributed by atoms with Gasteiger partial charge in [-0.25, -0.2) is 4.39 Å². The number of ether oxygens (including phenoxy) is 1.